The Morgan fingerprint density at radius 2 is 1.67 bits per heavy atom. The SMILES string of the molecule is O=C(OCCOc1ccc(Cl)cc1)c1cc(S(=O)(=O)N2CCOCC2)c(Cl)cc1Cl. The van der Waals surface area contributed by atoms with Crippen molar-refractivity contribution in [1.29, 1.82) is 0 Å². The second kappa shape index (κ2) is 10.2. The lowest BCUT2D eigenvalue weighted by Crippen LogP contribution is -2.40. The standard InChI is InChI=1S/C19H18Cl3NO6S/c20-13-1-3-14(4-2-13)28-9-10-29-19(24)15-11-18(17(22)12-16(15)21)30(25,26)23-5-7-27-8-6-23/h1-4,11-12H,5-10H2. The first-order valence-corrected chi connectivity index (χ1v) is 11.5. The maximum Gasteiger partial charge on any atom is 0.339 e. The van der Waals surface area contributed by atoms with Gasteiger partial charge in [-0.3, -0.25) is 0 Å². The van der Waals surface area contributed by atoms with E-state index in [-0.39, 0.29) is 60.0 Å². The average Bonchev–Trinajstić information content (AvgIpc) is 2.73. The number of nitrogens with zero attached hydrogens (tertiary/aromatic N) is 1. The molecular weight excluding hydrogens is 477 g/mol. The van der Waals surface area contributed by atoms with Gasteiger partial charge in [-0.05, 0) is 36.4 Å². The molecule has 7 nitrogen and oxygen atoms in total. The normalized spacial score (nSPS) is 15.0. The maximum absolute atomic E-state index is 12.9. The Bertz CT molecular complexity index is 1010. The van der Waals surface area contributed by atoms with Gasteiger partial charge in [-0.2, -0.15) is 4.31 Å². The van der Waals surface area contributed by atoms with Gasteiger partial charge in [-0.15, -0.1) is 0 Å². The molecule has 0 unspecified atom stereocenters. The highest BCUT2D eigenvalue weighted by atomic mass is 35.5. The molecule has 0 radical (unpaired) electrons. The van der Waals surface area contributed by atoms with Gasteiger partial charge >= 0.3 is 5.97 Å². The molecule has 0 aliphatic carbocycles. The van der Waals surface area contributed by atoms with Crippen LogP contribution in [0.15, 0.2) is 41.3 Å². The zero-order valence-electron chi connectivity index (χ0n) is 15.6. The van der Waals surface area contributed by atoms with E-state index in [1.807, 2.05) is 0 Å². The Morgan fingerprint density at radius 1 is 1.00 bits per heavy atom. The van der Waals surface area contributed by atoms with Crippen LogP contribution in [-0.4, -0.2) is 58.2 Å². The zero-order valence-corrected chi connectivity index (χ0v) is 18.7. The molecule has 2 aromatic rings. The van der Waals surface area contributed by atoms with Crippen LogP contribution in [-0.2, 0) is 19.5 Å². The summed E-state index contributed by atoms with van der Waals surface area (Å²) in [4.78, 5) is 12.2. The van der Waals surface area contributed by atoms with E-state index in [4.69, 9.17) is 49.0 Å². The monoisotopic (exact) mass is 493 g/mol. The predicted molar refractivity (Wildman–Crippen MR) is 113 cm³/mol. The van der Waals surface area contributed by atoms with Crippen LogP contribution in [0.3, 0.4) is 0 Å². The summed E-state index contributed by atoms with van der Waals surface area (Å²) in [5, 5.41) is 0.493. The Balaban J connectivity index is 1.68. The number of carbonyl (C=O) groups is 1. The number of halogens is 3. The highest BCUT2D eigenvalue weighted by Gasteiger charge is 2.30. The van der Waals surface area contributed by atoms with Crippen LogP contribution in [0.2, 0.25) is 15.1 Å². The summed E-state index contributed by atoms with van der Waals surface area (Å²) >= 11 is 18.0. The molecule has 11 heteroatoms. The van der Waals surface area contributed by atoms with Crippen molar-refractivity contribution in [3.05, 3.63) is 57.0 Å². The van der Waals surface area contributed by atoms with Crippen LogP contribution in [0, 0.1) is 0 Å². The maximum atomic E-state index is 12.9. The second-order valence-electron chi connectivity index (χ2n) is 6.22. The highest BCUT2D eigenvalue weighted by Crippen LogP contribution is 2.31. The van der Waals surface area contributed by atoms with Crippen molar-refractivity contribution < 1.29 is 27.4 Å². The van der Waals surface area contributed by atoms with Crippen molar-refractivity contribution in [2.24, 2.45) is 0 Å². The first kappa shape index (κ1) is 23.1. The van der Waals surface area contributed by atoms with Gasteiger partial charge < -0.3 is 14.2 Å². The molecule has 1 aliphatic rings. The second-order valence-corrected chi connectivity index (χ2v) is 9.37. The van der Waals surface area contributed by atoms with Gasteiger partial charge in [0, 0.05) is 18.1 Å². The number of carbonyl (C=O) groups excluding carboxylic acids is 1. The summed E-state index contributed by atoms with van der Waals surface area (Å²) < 4.78 is 42.8. The summed E-state index contributed by atoms with van der Waals surface area (Å²) in [6.07, 6.45) is 0. The van der Waals surface area contributed by atoms with Crippen LogP contribution >= 0.6 is 34.8 Å². The van der Waals surface area contributed by atoms with Gasteiger partial charge in [0.15, 0.2) is 0 Å². The van der Waals surface area contributed by atoms with Crippen molar-refractivity contribution in [2.75, 3.05) is 39.5 Å². The molecule has 0 N–H and O–H groups in total. The molecule has 1 heterocycles. The molecule has 0 saturated carbocycles. The first-order chi connectivity index (χ1) is 14.3. The fourth-order valence-electron chi connectivity index (χ4n) is 2.71. The topological polar surface area (TPSA) is 82.1 Å². The summed E-state index contributed by atoms with van der Waals surface area (Å²) in [6.45, 7) is 0.996. The minimum atomic E-state index is -3.91. The quantitative estimate of drug-likeness (QED) is 0.429. The van der Waals surface area contributed by atoms with Crippen LogP contribution in [0.5, 0.6) is 5.75 Å². The Hall–Kier alpha value is -1.55. The van der Waals surface area contributed by atoms with E-state index in [0.717, 1.165) is 6.07 Å². The van der Waals surface area contributed by atoms with E-state index in [0.29, 0.717) is 10.8 Å². The van der Waals surface area contributed by atoms with Gasteiger partial charge in [-0.1, -0.05) is 34.8 Å². The Kier molecular flexibility index (Phi) is 7.84. The number of sulfonamides is 1. The van der Waals surface area contributed by atoms with Crippen molar-refractivity contribution in [1.82, 2.24) is 4.31 Å². The number of ether oxygens (including phenoxy) is 3. The zero-order chi connectivity index (χ0) is 21.7. The summed E-state index contributed by atoms with van der Waals surface area (Å²) in [5.74, 6) is -0.214. The molecule has 0 amide bonds. The number of hydrogen-bond acceptors (Lipinski definition) is 6. The van der Waals surface area contributed by atoms with Crippen LogP contribution in [0.4, 0.5) is 0 Å². The highest BCUT2D eigenvalue weighted by molar-refractivity contribution is 7.89. The van der Waals surface area contributed by atoms with E-state index in [2.05, 4.69) is 0 Å². The molecule has 0 bridgehead atoms. The lowest BCUT2D eigenvalue weighted by atomic mass is 10.2. The van der Waals surface area contributed by atoms with Gasteiger partial charge in [-0.25, -0.2) is 13.2 Å². The molecule has 1 fully saturated rings. The summed E-state index contributed by atoms with van der Waals surface area (Å²) in [7, 11) is -3.91. The molecular formula is C19H18Cl3NO6S. The molecule has 0 spiro atoms. The van der Waals surface area contributed by atoms with E-state index < -0.39 is 16.0 Å². The summed E-state index contributed by atoms with van der Waals surface area (Å²) in [5.41, 5.74) is -0.0978. The predicted octanol–water partition coefficient (Wildman–Crippen LogP) is 3.90. The Labute approximate surface area is 189 Å². The van der Waals surface area contributed by atoms with Crippen LogP contribution in [0.25, 0.3) is 0 Å². The van der Waals surface area contributed by atoms with Crippen LogP contribution in [0.1, 0.15) is 10.4 Å². The molecule has 1 saturated heterocycles. The lowest BCUT2D eigenvalue weighted by Gasteiger charge is -2.26. The van der Waals surface area contributed by atoms with Gasteiger partial charge in [0.2, 0.25) is 10.0 Å². The number of hydrogen-bond donors (Lipinski definition) is 0. The third-order valence-corrected chi connectivity index (χ3v) is 7.16. The third-order valence-electron chi connectivity index (χ3n) is 4.23. The molecule has 0 aromatic heterocycles. The minimum Gasteiger partial charge on any atom is -0.490 e. The van der Waals surface area contributed by atoms with Gasteiger partial charge in [0.1, 0.15) is 23.9 Å². The number of rotatable bonds is 7. The average molecular weight is 495 g/mol. The number of morpholine rings is 1. The van der Waals surface area contributed by atoms with Gasteiger partial charge in [0.05, 0.1) is 28.8 Å². The van der Waals surface area contributed by atoms with Crippen molar-refractivity contribution in [3.8, 4) is 5.75 Å². The van der Waals surface area contributed by atoms with Gasteiger partial charge in [0.25, 0.3) is 0 Å². The molecule has 3 rings (SSSR count). The third kappa shape index (κ3) is 5.57. The molecule has 30 heavy (non-hydrogen) atoms. The molecule has 0 atom stereocenters. The summed E-state index contributed by atoms with van der Waals surface area (Å²) in [6, 6.07) is 9.07. The first-order valence-electron chi connectivity index (χ1n) is 8.91. The number of esters is 1. The molecule has 1 aliphatic heterocycles. The van der Waals surface area contributed by atoms with E-state index in [1.54, 1.807) is 24.3 Å². The largest absolute Gasteiger partial charge is 0.490 e. The smallest absolute Gasteiger partial charge is 0.339 e. The fraction of sp³-hybridized carbons (Fsp3) is 0.316. The van der Waals surface area contributed by atoms with E-state index in [1.165, 1.54) is 10.4 Å². The van der Waals surface area contributed by atoms with Crippen molar-refractivity contribution >= 4 is 50.8 Å². The minimum absolute atomic E-state index is 0.00968. The Morgan fingerprint density at radius 3 is 2.33 bits per heavy atom. The van der Waals surface area contributed by atoms with E-state index in [9.17, 15) is 13.2 Å². The van der Waals surface area contributed by atoms with Crippen molar-refractivity contribution in [3.63, 3.8) is 0 Å². The molecule has 162 valence electrons. The van der Waals surface area contributed by atoms with E-state index >= 15 is 0 Å². The molecule has 2 aromatic carbocycles. The fourth-order valence-corrected chi connectivity index (χ4v) is 5.07. The number of benzene rings is 2. The van der Waals surface area contributed by atoms with Crippen molar-refractivity contribution in [2.45, 2.75) is 4.90 Å². The van der Waals surface area contributed by atoms with Crippen LogP contribution < -0.4 is 4.74 Å². The lowest BCUT2D eigenvalue weighted by molar-refractivity contribution is 0.0450.